The van der Waals surface area contributed by atoms with E-state index >= 15 is 0 Å². The maximum absolute atomic E-state index is 11.6. The summed E-state index contributed by atoms with van der Waals surface area (Å²) in [5.74, 6) is 0. The van der Waals surface area contributed by atoms with Gasteiger partial charge in [0.1, 0.15) is 11.5 Å². The number of halogens is 1. The Morgan fingerprint density at radius 3 is 2.71 bits per heavy atom. The summed E-state index contributed by atoms with van der Waals surface area (Å²) < 4.78 is 17.0. The second-order valence-electron chi connectivity index (χ2n) is 4.64. The predicted octanol–water partition coefficient (Wildman–Crippen LogP) is -2.29. The highest BCUT2D eigenvalue weighted by Crippen LogP contribution is 2.36. The smallest absolute Gasteiger partial charge is 0.330 e. The fourth-order valence-corrected chi connectivity index (χ4v) is 2.99. The average Bonchev–Trinajstić information content (AvgIpc) is 2.64. The molecule has 1 aromatic heterocycles. The van der Waals surface area contributed by atoms with E-state index in [2.05, 4.69) is 0 Å². The first-order chi connectivity index (χ1) is 9.69. The van der Waals surface area contributed by atoms with Crippen molar-refractivity contribution in [2.24, 2.45) is 0 Å². The van der Waals surface area contributed by atoms with Gasteiger partial charge in [-0.15, -0.1) is 11.6 Å². The van der Waals surface area contributed by atoms with Gasteiger partial charge in [0, 0.05) is 12.3 Å². The monoisotopic (exact) mass is 338 g/mol. The average molecular weight is 339 g/mol. The molecule has 0 amide bonds. The molecule has 0 saturated carbocycles. The standard InChI is InChI=1S/C10H14ClN2O7P/c11-7-8(15)5(2-4-21(17,18)19)20-9(7)13-3-1-6(14)12-10(13)16/h1,3,5,7-9,15H,2,4H2,(H,12,14,16)(H2,17,18,19)/p-2/t5-,7-,8-,9-/m1/s1. The summed E-state index contributed by atoms with van der Waals surface area (Å²) in [6.45, 7) is 0. The van der Waals surface area contributed by atoms with E-state index in [9.17, 15) is 29.0 Å². The van der Waals surface area contributed by atoms with E-state index in [1.807, 2.05) is 4.98 Å². The lowest BCUT2D eigenvalue weighted by atomic mass is 10.1. The molecular formula is C10H12ClN2O7P-2. The van der Waals surface area contributed by atoms with Crippen molar-refractivity contribution in [1.29, 1.82) is 0 Å². The van der Waals surface area contributed by atoms with Gasteiger partial charge in [0.05, 0.1) is 6.10 Å². The number of nitrogens with one attached hydrogen (secondary N) is 1. The first-order valence-corrected chi connectivity index (χ1v) is 8.15. The molecular weight excluding hydrogens is 327 g/mol. The summed E-state index contributed by atoms with van der Waals surface area (Å²) in [6, 6.07) is 1.08. The van der Waals surface area contributed by atoms with Crippen LogP contribution in [-0.4, -0.2) is 38.4 Å². The Kier molecular flexibility index (Phi) is 4.72. The molecule has 2 N–H and O–H groups in total. The number of aliphatic hydroxyl groups excluding tert-OH is 1. The van der Waals surface area contributed by atoms with Crippen molar-refractivity contribution in [2.45, 2.75) is 30.2 Å². The Balaban J connectivity index is 2.18. The van der Waals surface area contributed by atoms with E-state index in [1.165, 1.54) is 0 Å². The molecule has 9 nitrogen and oxygen atoms in total. The van der Waals surface area contributed by atoms with E-state index < -0.39 is 48.8 Å². The highest BCUT2D eigenvalue weighted by atomic mass is 35.5. The van der Waals surface area contributed by atoms with Gasteiger partial charge in [0.15, 0.2) is 6.23 Å². The number of aromatic nitrogens is 2. The third kappa shape index (κ3) is 3.82. The summed E-state index contributed by atoms with van der Waals surface area (Å²) in [5.41, 5.74) is -1.37. The molecule has 0 bridgehead atoms. The van der Waals surface area contributed by atoms with Crippen LogP contribution in [0.15, 0.2) is 21.9 Å². The molecule has 0 spiro atoms. The number of aromatic amines is 1. The van der Waals surface area contributed by atoms with Crippen molar-refractivity contribution in [1.82, 2.24) is 9.55 Å². The van der Waals surface area contributed by atoms with Gasteiger partial charge in [-0.3, -0.25) is 14.3 Å². The first-order valence-electron chi connectivity index (χ1n) is 5.99. The summed E-state index contributed by atoms with van der Waals surface area (Å²) in [6.07, 6.45) is -3.08. The number of alkyl halides is 1. The maximum Gasteiger partial charge on any atom is 0.330 e. The number of hydrogen-bond donors (Lipinski definition) is 2. The second kappa shape index (κ2) is 6.04. The van der Waals surface area contributed by atoms with E-state index in [0.717, 1.165) is 16.8 Å². The predicted molar refractivity (Wildman–Crippen MR) is 68.0 cm³/mol. The number of rotatable bonds is 4. The SMILES string of the molecule is O=c1ccn([C@@H]2O[C@H](CCP(=O)([O-])[O-])[C@@H](O)[C@H]2Cl)c(=O)[nH]1. The number of ether oxygens (including phenoxy) is 1. The van der Waals surface area contributed by atoms with Crippen molar-refractivity contribution >= 4 is 19.2 Å². The van der Waals surface area contributed by atoms with Gasteiger partial charge in [-0.05, 0) is 12.6 Å². The lowest BCUT2D eigenvalue weighted by molar-refractivity contribution is -0.313. The Labute approximate surface area is 123 Å². The summed E-state index contributed by atoms with van der Waals surface area (Å²) in [4.78, 5) is 45.9. The fourth-order valence-electron chi connectivity index (χ4n) is 2.08. The molecule has 1 fully saturated rings. The van der Waals surface area contributed by atoms with Crippen LogP contribution in [0, 0.1) is 0 Å². The van der Waals surface area contributed by atoms with Gasteiger partial charge >= 0.3 is 5.69 Å². The number of nitrogens with zero attached hydrogens (tertiary/aromatic N) is 1. The highest BCUT2D eigenvalue weighted by molar-refractivity contribution is 7.48. The molecule has 11 heteroatoms. The minimum Gasteiger partial charge on any atom is -0.811 e. The molecule has 2 heterocycles. The zero-order chi connectivity index (χ0) is 15.8. The highest BCUT2D eigenvalue weighted by Gasteiger charge is 2.43. The summed E-state index contributed by atoms with van der Waals surface area (Å²) >= 11 is 5.97. The molecule has 1 aliphatic heterocycles. The molecule has 2 rings (SSSR count). The van der Waals surface area contributed by atoms with Gasteiger partial charge in [0.2, 0.25) is 0 Å². The van der Waals surface area contributed by atoms with Gasteiger partial charge in [-0.2, -0.15) is 0 Å². The largest absolute Gasteiger partial charge is 0.811 e. The van der Waals surface area contributed by atoms with Crippen LogP contribution in [0.2, 0.25) is 0 Å². The fraction of sp³-hybridized carbons (Fsp3) is 0.600. The molecule has 0 radical (unpaired) electrons. The quantitative estimate of drug-likeness (QED) is 0.463. The lowest BCUT2D eigenvalue weighted by Crippen LogP contribution is -2.35. The van der Waals surface area contributed by atoms with Gasteiger partial charge in [-0.25, -0.2) is 4.79 Å². The Morgan fingerprint density at radius 2 is 2.14 bits per heavy atom. The molecule has 0 unspecified atom stereocenters. The van der Waals surface area contributed by atoms with Crippen LogP contribution in [0.3, 0.4) is 0 Å². The van der Waals surface area contributed by atoms with Crippen molar-refractivity contribution in [3.8, 4) is 0 Å². The summed E-state index contributed by atoms with van der Waals surface area (Å²) in [7, 11) is -4.72. The first kappa shape index (κ1) is 16.4. The zero-order valence-electron chi connectivity index (χ0n) is 10.5. The van der Waals surface area contributed by atoms with Crippen LogP contribution < -0.4 is 21.0 Å². The maximum atomic E-state index is 11.6. The van der Waals surface area contributed by atoms with E-state index in [1.54, 1.807) is 0 Å². The zero-order valence-corrected chi connectivity index (χ0v) is 12.2. The molecule has 1 aliphatic rings. The number of hydrogen-bond acceptors (Lipinski definition) is 7. The van der Waals surface area contributed by atoms with Crippen LogP contribution in [0.4, 0.5) is 0 Å². The van der Waals surface area contributed by atoms with Crippen molar-refractivity contribution in [2.75, 3.05) is 6.16 Å². The van der Waals surface area contributed by atoms with Gasteiger partial charge in [0.25, 0.3) is 5.56 Å². The topological polar surface area (TPSA) is 148 Å². The molecule has 118 valence electrons. The second-order valence-corrected chi connectivity index (χ2v) is 6.81. The van der Waals surface area contributed by atoms with Crippen LogP contribution in [-0.2, 0) is 9.30 Å². The Hall–Kier alpha value is -0.960. The molecule has 21 heavy (non-hydrogen) atoms. The van der Waals surface area contributed by atoms with E-state index in [0.29, 0.717) is 0 Å². The van der Waals surface area contributed by atoms with Crippen molar-refractivity contribution in [3.63, 3.8) is 0 Å². The van der Waals surface area contributed by atoms with Crippen LogP contribution >= 0.6 is 19.2 Å². The molecule has 1 saturated heterocycles. The van der Waals surface area contributed by atoms with Crippen molar-refractivity contribution < 1.29 is 24.2 Å². The molecule has 0 aliphatic carbocycles. The van der Waals surface area contributed by atoms with Gasteiger partial charge < -0.3 is 24.2 Å². The Morgan fingerprint density at radius 1 is 1.48 bits per heavy atom. The van der Waals surface area contributed by atoms with E-state index in [4.69, 9.17) is 16.3 Å². The normalized spacial score (nSPS) is 29.7. The number of H-pyrrole nitrogens is 1. The number of aliphatic hydroxyl groups is 1. The third-order valence-electron chi connectivity index (χ3n) is 3.11. The molecule has 4 atom stereocenters. The van der Waals surface area contributed by atoms with Gasteiger partial charge in [-0.1, -0.05) is 7.60 Å². The van der Waals surface area contributed by atoms with Crippen LogP contribution in [0.5, 0.6) is 0 Å². The van der Waals surface area contributed by atoms with Crippen molar-refractivity contribution in [3.05, 3.63) is 33.1 Å². The third-order valence-corrected chi connectivity index (χ3v) is 4.39. The van der Waals surface area contributed by atoms with Crippen LogP contribution in [0.1, 0.15) is 12.6 Å². The molecule has 1 aromatic rings. The van der Waals surface area contributed by atoms with E-state index in [-0.39, 0.29) is 6.42 Å². The minimum atomic E-state index is -4.72. The van der Waals surface area contributed by atoms with Crippen LogP contribution in [0.25, 0.3) is 0 Å². The lowest BCUT2D eigenvalue weighted by Gasteiger charge is -2.30. The summed E-state index contributed by atoms with van der Waals surface area (Å²) in [5, 5.41) is 8.86. The Bertz CT molecular complexity index is 668. The molecule has 0 aromatic carbocycles. The minimum absolute atomic E-state index is 0.233.